The molecule has 138 valence electrons. The zero-order chi connectivity index (χ0) is 20.6. The third-order valence-electron chi connectivity index (χ3n) is 3.46. The molecule has 0 radical (unpaired) electrons. The second-order valence-corrected chi connectivity index (χ2v) is 18.1. The van der Waals surface area contributed by atoms with E-state index in [9.17, 15) is 0 Å². The maximum absolute atomic E-state index is 3.40. The average molecular weight is 395 g/mol. The summed E-state index contributed by atoms with van der Waals surface area (Å²) in [7, 11) is -2.84. The van der Waals surface area contributed by atoms with Crippen molar-refractivity contribution in [3.8, 4) is 46.6 Å². The smallest absolute Gasteiger partial charge is 0.127 e. The van der Waals surface area contributed by atoms with Gasteiger partial charge in [-0.1, -0.05) is 87.2 Å². The Kier molecular flexibility index (Phi) is 7.15. The minimum Gasteiger partial charge on any atom is -0.127 e. The summed E-state index contributed by atoms with van der Waals surface area (Å²) in [6.45, 7) is 13.4. The number of hydrogen-bond acceptors (Lipinski definition) is 0. The lowest BCUT2D eigenvalue weighted by atomic mass is 10.1. The number of hydrogen-bond donors (Lipinski definition) is 0. The molecular formula is C26H26Si2. The van der Waals surface area contributed by atoms with E-state index >= 15 is 0 Å². The summed E-state index contributed by atoms with van der Waals surface area (Å²) in [5.74, 6) is 18.9. The Morgan fingerprint density at radius 1 is 0.464 bits per heavy atom. The predicted molar refractivity (Wildman–Crippen MR) is 127 cm³/mol. The first-order valence-electron chi connectivity index (χ1n) is 9.40. The maximum atomic E-state index is 3.40. The largest absolute Gasteiger partial charge is 0.129 e. The van der Waals surface area contributed by atoms with Crippen molar-refractivity contribution in [2.45, 2.75) is 39.3 Å². The molecule has 2 heteroatoms. The Morgan fingerprint density at radius 3 is 1.04 bits per heavy atom. The Balaban J connectivity index is 2.30. The van der Waals surface area contributed by atoms with Gasteiger partial charge < -0.3 is 0 Å². The van der Waals surface area contributed by atoms with Crippen molar-refractivity contribution in [2.75, 3.05) is 0 Å². The first-order chi connectivity index (χ1) is 13.1. The summed E-state index contributed by atoms with van der Waals surface area (Å²) in [6.07, 6.45) is 0. The van der Waals surface area contributed by atoms with Crippen LogP contribution in [-0.4, -0.2) is 16.1 Å². The van der Waals surface area contributed by atoms with Crippen LogP contribution in [0.2, 0.25) is 39.3 Å². The van der Waals surface area contributed by atoms with Crippen molar-refractivity contribution in [3.05, 3.63) is 70.8 Å². The summed E-state index contributed by atoms with van der Waals surface area (Å²) >= 11 is 0. The van der Waals surface area contributed by atoms with Crippen molar-refractivity contribution in [1.82, 2.24) is 0 Å². The van der Waals surface area contributed by atoms with E-state index in [-0.39, 0.29) is 0 Å². The highest BCUT2D eigenvalue weighted by Gasteiger charge is 2.08. The van der Waals surface area contributed by atoms with Crippen LogP contribution in [0.3, 0.4) is 0 Å². The molecule has 0 saturated carbocycles. The fourth-order valence-corrected chi connectivity index (χ4v) is 3.13. The van der Waals surface area contributed by atoms with Crippen LogP contribution in [0, 0.1) is 46.6 Å². The van der Waals surface area contributed by atoms with Gasteiger partial charge >= 0.3 is 0 Å². The Hall–Kier alpha value is -2.89. The third-order valence-corrected chi connectivity index (χ3v) is 5.21. The molecule has 0 aliphatic heterocycles. The van der Waals surface area contributed by atoms with Gasteiger partial charge in [0.2, 0.25) is 0 Å². The van der Waals surface area contributed by atoms with E-state index in [1.165, 1.54) is 0 Å². The van der Waals surface area contributed by atoms with Gasteiger partial charge in [0.15, 0.2) is 0 Å². The average Bonchev–Trinajstić information content (AvgIpc) is 2.62. The molecule has 0 atom stereocenters. The Morgan fingerprint density at radius 2 is 0.750 bits per heavy atom. The van der Waals surface area contributed by atoms with E-state index in [0.717, 1.165) is 22.3 Å². The summed E-state index contributed by atoms with van der Waals surface area (Å²) in [5, 5.41) is 0. The number of benzene rings is 2. The quantitative estimate of drug-likeness (QED) is 0.406. The van der Waals surface area contributed by atoms with Gasteiger partial charge in [-0.05, 0) is 36.1 Å². The summed E-state index contributed by atoms with van der Waals surface area (Å²) in [6, 6.07) is 16.0. The van der Waals surface area contributed by atoms with Crippen LogP contribution in [0.5, 0.6) is 0 Å². The lowest BCUT2D eigenvalue weighted by molar-refractivity contribution is 1.59. The lowest BCUT2D eigenvalue weighted by Gasteiger charge is -2.04. The first-order valence-corrected chi connectivity index (χ1v) is 16.4. The molecule has 2 rings (SSSR count). The van der Waals surface area contributed by atoms with Crippen LogP contribution in [-0.2, 0) is 0 Å². The van der Waals surface area contributed by atoms with Gasteiger partial charge in [-0.3, -0.25) is 0 Å². The Bertz CT molecular complexity index is 1000. The molecule has 0 aromatic heterocycles. The van der Waals surface area contributed by atoms with Gasteiger partial charge in [0.1, 0.15) is 16.1 Å². The first kappa shape index (κ1) is 21.4. The Labute approximate surface area is 172 Å². The predicted octanol–water partition coefficient (Wildman–Crippen LogP) is 5.55. The monoisotopic (exact) mass is 394 g/mol. The molecule has 0 saturated heterocycles. The van der Waals surface area contributed by atoms with Gasteiger partial charge in [-0.25, -0.2) is 0 Å². The minimum absolute atomic E-state index is 0.925. The molecule has 2 aromatic carbocycles. The normalized spacial score (nSPS) is 10.1. The standard InChI is InChI=1S/C26H26Si2/c1-27(2,3)21-19-25-17-11-9-15-23(25)13-7-8-14-24-16-10-12-18-26(24)20-22-28(4,5)6/h9-12,15-18H,1-6H3. The SMILES string of the molecule is C[Si](C)(C)C#Cc1ccccc1C#CC#Cc1ccccc1C#C[Si](C)(C)C. The fourth-order valence-electron chi connectivity index (χ4n) is 2.11. The lowest BCUT2D eigenvalue weighted by Crippen LogP contribution is -2.16. The molecule has 28 heavy (non-hydrogen) atoms. The van der Waals surface area contributed by atoms with Crippen molar-refractivity contribution >= 4 is 16.1 Å². The molecule has 0 heterocycles. The van der Waals surface area contributed by atoms with E-state index in [0.29, 0.717) is 0 Å². The molecule has 0 nitrogen and oxygen atoms in total. The van der Waals surface area contributed by atoms with Crippen LogP contribution in [0.1, 0.15) is 22.3 Å². The topological polar surface area (TPSA) is 0 Å². The molecule has 2 aromatic rings. The van der Waals surface area contributed by atoms with Gasteiger partial charge in [0.25, 0.3) is 0 Å². The molecule has 0 aliphatic rings. The zero-order valence-corrected chi connectivity index (χ0v) is 19.6. The van der Waals surface area contributed by atoms with Gasteiger partial charge in [0.05, 0.1) is 0 Å². The fraction of sp³-hybridized carbons (Fsp3) is 0.231. The van der Waals surface area contributed by atoms with Crippen LogP contribution < -0.4 is 0 Å². The van der Waals surface area contributed by atoms with Crippen molar-refractivity contribution in [2.24, 2.45) is 0 Å². The van der Waals surface area contributed by atoms with Crippen molar-refractivity contribution < 1.29 is 0 Å². The summed E-state index contributed by atoms with van der Waals surface area (Å²) in [5.41, 5.74) is 10.6. The molecule has 0 bridgehead atoms. The van der Waals surface area contributed by atoms with E-state index < -0.39 is 16.1 Å². The van der Waals surface area contributed by atoms with Crippen molar-refractivity contribution in [3.63, 3.8) is 0 Å². The highest BCUT2D eigenvalue weighted by molar-refractivity contribution is 6.84. The van der Waals surface area contributed by atoms with E-state index in [2.05, 4.69) is 85.9 Å². The second kappa shape index (κ2) is 9.35. The van der Waals surface area contributed by atoms with Crippen LogP contribution in [0.15, 0.2) is 48.5 Å². The molecule has 0 fully saturated rings. The van der Waals surface area contributed by atoms with Crippen LogP contribution in [0.25, 0.3) is 0 Å². The van der Waals surface area contributed by atoms with Gasteiger partial charge in [-0.15, -0.1) is 11.1 Å². The molecule has 0 N–H and O–H groups in total. The molecule has 0 aliphatic carbocycles. The van der Waals surface area contributed by atoms with Gasteiger partial charge in [0, 0.05) is 22.3 Å². The summed E-state index contributed by atoms with van der Waals surface area (Å²) < 4.78 is 0. The highest BCUT2D eigenvalue weighted by atomic mass is 28.3. The highest BCUT2D eigenvalue weighted by Crippen LogP contribution is 2.08. The van der Waals surface area contributed by atoms with E-state index in [1.807, 2.05) is 48.5 Å². The second-order valence-electron chi connectivity index (χ2n) is 8.59. The molecular weight excluding hydrogens is 368 g/mol. The van der Waals surface area contributed by atoms with Crippen LogP contribution in [0.4, 0.5) is 0 Å². The molecule has 0 amide bonds. The number of rotatable bonds is 0. The van der Waals surface area contributed by atoms with Crippen LogP contribution >= 0.6 is 0 Å². The molecule has 0 spiro atoms. The summed E-state index contributed by atoms with van der Waals surface area (Å²) in [4.78, 5) is 0. The van der Waals surface area contributed by atoms with Crippen molar-refractivity contribution in [1.29, 1.82) is 0 Å². The zero-order valence-electron chi connectivity index (χ0n) is 17.6. The maximum Gasteiger partial charge on any atom is 0.129 e. The van der Waals surface area contributed by atoms with Gasteiger partial charge in [-0.2, -0.15) is 0 Å². The van der Waals surface area contributed by atoms with E-state index in [4.69, 9.17) is 0 Å². The van der Waals surface area contributed by atoms with E-state index in [1.54, 1.807) is 0 Å². The minimum atomic E-state index is -1.42. The third kappa shape index (κ3) is 7.78. The molecule has 0 unspecified atom stereocenters.